The Balaban J connectivity index is 1.72. The Hall–Kier alpha value is -1.18. The summed E-state index contributed by atoms with van der Waals surface area (Å²) in [5, 5.41) is 3.54. The molecular formula is C16H23NO. The van der Waals surface area contributed by atoms with Crippen molar-refractivity contribution in [3.63, 3.8) is 0 Å². The van der Waals surface area contributed by atoms with Crippen LogP contribution in [-0.2, 0) is 0 Å². The molecule has 0 spiro atoms. The smallest absolute Gasteiger partial charge is 0.119 e. The van der Waals surface area contributed by atoms with Gasteiger partial charge in [0.1, 0.15) is 5.75 Å². The summed E-state index contributed by atoms with van der Waals surface area (Å²) >= 11 is 0. The average molecular weight is 245 g/mol. The van der Waals surface area contributed by atoms with Gasteiger partial charge in [-0.25, -0.2) is 0 Å². The minimum absolute atomic E-state index is 0.693. The zero-order chi connectivity index (χ0) is 12.4. The fourth-order valence-corrected chi connectivity index (χ4v) is 3.55. The molecular weight excluding hydrogens is 222 g/mol. The van der Waals surface area contributed by atoms with E-state index in [-0.39, 0.29) is 0 Å². The summed E-state index contributed by atoms with van der Waals surface area (Å²) in [6, 6.07) is 6.44. The molecule has 0 saturated heterocycles. The van der Waals surface area contributed by atoms with E-state index in [9.17, 15) is 0 Å². The monoisotopic (exact) mass is 245 g/mol. The quantitative estimate of drug-likeness (QED) is 0.862. The van der Waals surface area contributed by atoms with Gasteiger partial charge in [0.05, 0.1) is 7.11 Å². The van der Waals surface area contributed by atoms with E-state index in [0.717, 1.165) is 18.2 Å². The Labute approximate surface area is 110 Å². The largest absolute Gasteiger partial charge is 0.497 e. The maximum Gasteiger partial charge on any atom is 0.119 e. The van der Waals surface area contributed by atoms with Crippen molar-refractivity contribution < 1.29 is 4.74 Å². The summed E-state index contributed by atoms with van der Waals surface area (Å²) in [5.41, 5.74) is 2.79. The van der Waals surface area contributed by atoms with Crippen LogP contribution in [0, 0.1) is 5.92 Å². The number of benzene rings is 1. The van der Waals surface area contributed by atoms with Crippen LogP contribution in [0.25, 0.3) is 0 Å². The summed E-state index contributed by atoms with van der Waals surface area (Å²) < 4.78 is 5.35. The van der Waals surface area contributed by atoms with Crippen molar-refractivity contribution in [1.29, 1.82) is 0 Å². The first-order chi connectivity index (χ1) is 8.86. The Bertz CT molecular complexity index is 410. The number of hydrogen-bond acceptors (Lipinski definition) is 2. The van der Waals surface area contributed by atoms with Crippen LogP contribution in [0.15, 0.2) is 18.2 Å². The first kappa shape index (κ1) is 11.9. The molecule has 0 bridgehead atoms. The van der Waals surface area contributed by atoms with Gasteiger partial charge in [-0.2, -0.15) is 0 Å². The molecule has 1 aromatic carbocycles. The third-order valence-electron chi connectivity index (χ3n) is 4.58. The van der Waals surface area contributed by atoms with Gasteiger partial charge in [-0.3, -0.25) is 0 Å². The number of nitrogens with one attached hydrogen (secondary N) is 1. The highest BCUT2D eigenvalue weighted by Crippen LogP contribution is 2.40. The molecule has 1 aromatic rings. The molecule has 1 heterocycles. The lowest BCUT2D eigenvalue weighted by Crippen LogP contribution is -2.12. The minimum Gasteiger partial charge on any atom is -0.497 e. The highest BCUT2D eigenvalue weighted by atomic mass is 16.5. The normalized spacial score (nSPS) is 23.5. The molecule has 1 aliphatic heterocycles. The van der Waals surface area contributed by atoms with Crippen LogP contribution in [0.3, 0.4) is 0 Å². The zero-order valence-electron chi connectivity index (χ0n) is 11.2. The van der Waals surface area contributed by atoms with Gasteiger partial charge in [0.25, 0.3) is 0 Å². The third kappa shape index (κ3) is 2.33. The van der Waals surface area contributed by atoms with Crippen LogP contribution < -0.4 is 10.1 Å². The molecule has 0 radical (unpaired) electrons. The Morgan fingerprint density at radius 3 is 2.83 bits per heavy atom. The first-order valence-electron chi connectivity index (χ1n) is 7.28. The van der Waals surface area contributed by atoms with Crippen molar-refractivity contribution in [2.45, 2.75) is 44.4 Å². The van der Waals surface area contributed by atoms with Crippen LogP contribution in [0.2, 0.25) is 0 Å². The van der Waals surface area contributed by atoms with E-state index in [1.165, 1.54) is 49.8 Å². The zero-order valence-corrected chi connectivity index (χ0v) is 11.2. The van der Waals surface area contributed by atoms with Crippen LogP contribution >= 0.6 is 0 Å². The second-order valence-corrected chi connectivity index (χ2v) is 5.77. The molecule has 1 fully saturated rings. The van der Waals surface area contributed by atoms with E-state index in [1.54, 1.807) is 7.11 Å². The van der Waals surface area contributed by atoms with E-state index in [2.05, 4.69) is 23.5 Å². The predicted molar refractivity (Wildman–Crippen MR) is 75.4 cm³/mol. The van der Waals surface area contributed by atoms with Gasteiger partial charge in [-0.15, -0.1) is 0 Å². The van der Waals surface area contributed by atoms with Crippen LogP contribution in [0.5, 0.6) is 5.75 Å². The molecule has 1 N–H and O–H groups in total. The Morgan fingerprint density at radius 1 is 1.22 bits per heavy atom. The molecule has 1 atom stereocenters. The van der Waals surface area contributed by atoms with Crippen molar-refractivity contribution in [2.24, 2.45) is 5.92 Å². The van der Waals surface area contributed by atoms with Crippen molar-refractivity contribution >= 4 is 5.69 Å². The van der Waals surface area contributed by atoms with Crippen molar-refractivity contribution in [1.82, 2.24) is 0 Å². The summed E-state index contributed by atoms with van der Waals surface area (Å²) in [4.78, 5) is 0. The van der Waals surface area contributed by atoms with E-state index in [0.29, 0.717) is 5.92 Å². The topological polar surface area (TPSA) is 21.3 Å². The molecule has 3 rings (SSSR count). The third-order valence-corrected chi connectivity index (χ3v) is 4.58. The summed E-state index contributed by atoms with van der Waals surface area (Å²) in [5.74, 6) is 2.63. The number of ether oxygens (including phenoxy) is 1. The highest BCUT2D eigenvalue weighted by molar-refractivity contribution is 5.60. The van der Waals surface area contributed by atoms with Gasteiger partial charge in [-0.05, 0) is 36.1 Å². The second-order valence-electron chi connectivity index (χ2n) is 5.77. The summed E-state index contributed by atoms with van der Waals surface area (Å²) in [7, 11) is 1.75. The SMILES string of the molecule is COc1ccc2c(c1)C(CC1CCCCC1)CN2. The lowest BCUT2D eigenvalue weighted by atomic mass is 9.81. The van der Waals surface area contributed by atoms with Crippen molar-refractivity contribution in [3.8, 4) is 5.75 Å². The molecule has 1 unspecified atom stereocenters. The van der Waals surface area contributed by atoms with Gasteiger partial charge in [0.2, 0.25) is 0 Å². The molecule has 18 heavy (non-hydrogen) atoms. The number of hydrogen-bond donors (Lipinski definition) is 1. The van der Waals surface area contributed by atoms with E-state index in [1.807, 2.05) is 0 Å². The Kier molecular flexibility index (Phi) is 3.44. The van der Waals surface area contributed by atoms with E-state index in [4.69, 9.17) is 4.74 Å². The van der Waals surface area contributed by atoms with Crippen LogP contribution in [0.1, 0.15) is 50.0 Å². The molecule has 0 aromatic heterocycles. The number of methoxy groups -OCH3 is 1. The van der Waals surface area contributed by atoms with E-state index < -0.39 is 0 Å². The lowest BCUT2D eigenvalue weighted by Gasteiger charge is -2.24. The number of anilines is 1. The number of fused-ring (bicyclic) bond motifs is 1. The van der Waals surface area contributed by atoms with Gasteiger partial charge in [-0.1, -0.05) is 32.1 Å². The van der Waals surface area contributed by atoms with Gasteiger partial charge in [0, 0.05) is 18.2 Å². The molecule has 1 aliphatic carbocycles. The molecule has 2 aliphatic rings. The van der Waals surface area contributed by atoms with Crippen molar-refractivity contribution in [2.75, 3.05) is 19.0 Å². The standard InChI is InChI=1S/C16H23NO/c1-18-14-7-8-16-15(10-14)13(11-17-16)9-12-5-3-2-4-6-12/h7-8,10,12-13,17H,2-6,9,11H2,1H3. The highest BCUT2D eigenvalue weighted by Gasteiger charge is 2.26. The number of rotatable bonds is 3. The molecule has 98 valence electrons. The molecule has 2 heteroatoms. The molecule has 2 nitrogen and oxygen atoms in total. The van der Waals surface area contributed by atoms with E-state index >= 15 is 0 Å². The van der Waals surface area contributed by atoms with Gasteiger partial charge in [0.15, 0.2) is 0 Å². The minimum atomic E-state index is 0.693. The van der Waals surface area contributed by atoms with Gasteiger partial charge < -0.3 is 10.1 Å². The average Bonchev–Trinajstić information content (AvgIpc) is 2.82. The summed E-state index contributed by atoms with van der Waals surface area (Å²) in [6.07, 6.45) is 8.56. The first-order valence-corrected chi connectivity index (χ1v) is 7.28. The van der Waals surface area contributed by atoms with Gasteiger partial charge >= 0.3 is 0 Å². The predicted octanol–water partition coefficient (Wildman–Crippen LogP) is 4.17. The summed E-state index contributed by atoms with van der Waals surface area (Å²) in [6.45, 7) is 1.11. The Morgan fingerprint density at radius 2 is 2.06 bits per heavy atom. The van der Waals surface area contributed by atoms with Crippen molar-refractivity contribution in [3.05, 3.63) is 23.8 Å². The fourth-order valence-electron chi connectivity index (χ4n) is 3.55. The van der Waals surface area contributed by atoms with Crippen LogP contribution in [-0.4, -0.2) is 13.7 Å². The lowest BCUT2D eigenvalue weighted by molar-refractivity contribution is 0.322. The molecule has 0 amide bonds. The fraction of sp³-hybridized carbons (Fsp3) is 0.625. The molecule has 1 saturated carbocycles. The maximum absolute atomic E-state index is 5.35. The maximum atomic E-state index is 5.35. The van der Waals surface area contributed by atoms with Crippen LogP contribution in [0.4, 0.5) is 5.69 Å². The second kappa shape index (κ2) is 5.21.